The Balaban J connectivity index is 2.03. The molecule has 0 aliphatic carbocycles. The lowest BCUT2D eigenvalue weighted by molar-refractivity contribution is 0.313. The van der Waals surface area contributed by atoms with E-state index in [1.54, 1.807) is 0 Å². The fraction of sp³-hybridized carbons (Fsp3) is 1.00. The first-order chi connectivity index (χ1) is 6.59. The van der Waals surface area contributed by atoms with Crippen LogP contribution in [0.4, 0.5) is 0 Å². The second-order valence-corrected chi connectivity index (χ2v) is 5.19. The zero-order valence-corrected chi connectivity index (χ0v) is 10.00. The third kappa shape index (κ3) is 3.97. The molecule has 0 aromatic rings. The molecule has 1 saturated heterocycles. The lowest BCUT2D eigenvalue weighted by atomic mass is 10.0. The maximum atomic E-state index is 5.72. The molecule has 1 heterocycles. The maximum absolute atomic E-state index is 5.72. The molecule has 3 atom stereocenters. The van der Waals surface area contributed by atoms with Crippen LogP contribution in [-0.2, 0) is 0 Å². The highest BCUT2D eigenvalue weighted by molar-refractivity contribution is 4.78. The highest BCUT2D eigenvalue weighted by Gasteiger charge is 2.24. The van der Waals surface area contributed by atoms with E-state index in [4.69, 9.17) is 5.73 Å². The Bertz CT molecular complexity index is 146. The van der Waals surface area contributed by atoms with Gasteiger partial charge in [-0.15, -0.1) is 0 Å². The largest absolute Gasteiger partial charge is 0.328 e. The lowest BCUT2D eigenvalue weighted by Gasteiger charge is -2.15. The van der Waals surface area contributed by atoms with E-state index in [2.05, 4.69) is 25.7 Å². The smallest absolute Gasteiger partial charge is 0.00104 e. The fourth-order valence-corrected chi connectivity index (χ4v) is 2.23. The van der Waals surface area contributed by atoms with E-state index in [0.29, 0.717) is 6.04 Å². The summed E-state index contributed by atoms with van der Waals surface area (Å²) in [6, 6.07) is 0.381. The molecule has 0 radical (unpaired) electrons. The number of likely N-dealkylation sites (tertiary alicyclic amines) is 1. The SMILES string of the molecule is CC(N)CCCCN1CC(C)C(C)C1. The summed E-state index contributed by atoms with van der Waals surface area (Å²) < 4.78 is 0. The van der Waals surface area contributed by atoms with Crippen LogP contribution in [0.25, 0.3) is 0 Å². The van der Waals surface area contributed by atoms with Gasteiger partial charge in [0.25, 0.3) is 0 Å². The standard InChI is InChI=1S/C12H26N2/c1-10-8-14(9-11(10)2)7-5-4-6-12(3)13/h10-12H,4-9,13H2,1-3H3. The van der Waals surface area contributed by atoms with E-state index in [-0.39, 0.29) is 0 Å². The van der Waals surface area contributed by atoms with Crippen LogP contribution in [0.15, 0.2) is 0 Å². The monoisotopic (exact) mass is 198 g/mol. The predicted octanol–water partition coefficient (Wildman–Crippen LogP) is 2.09. The number of rotatable bonds is 5. The highest BCUT2D eigenvalue weighted by atomic mass is 15.1. The van der Waals surface area contributed by atoms with Crippen molar-refractivity contribution in [2.45, 2.75) is 46.1 Å². The summed E-state index contributed by atoms with van der Waals surface area (Å²) in [7, 11) is 0. The van der Waals surface area contributed by atoms with Crippen molar-refractivity contribution >= 4 is 0 Å². The Hall–Kier alpha value is -0.0800. The Labute approximate surface area is 88.8 Å². The summed E-state index contributed by atoms with van der Waals surface area (Å²) in [6.45, 7) is 10.7. The molecule has 0 aromatic heterocycles. The molecular weight excluding hydrogens is 172 g/mol. The van der Waals surface area contributed by atoms with Crippen LogP contribution in [0.1, 0.15) is 40.0 Å². The molecule has 2 N–H and O–H groups in total. The predicted molar refractivity (Wildman–Crippen MR) is 62.3 cm³/mol. The Kier molecular flexibility index (Phi) is 4.90. The molecule has 2 nitrogen and oxygen atoms in total. The normalized spacial score (nSPS) is 30.9. The zero-order chi connectivity index (χ0) is 10.6. The van der Waals surface area contributed by atoms with Crippen molar-refractivity contribution in [1.29, 1.82) is 0 Å². The molecular formula is C12H26N2. The number of hydrogen-bond donors (Lipinski definition) is 1. The number of unbranched alkanes of at least 4 members (excludes halogenated alkanes) is 1. The molecule has 2 heteroatoms. The average Bonchev–Trinajstić information content (AvgIpc) is 2.40. The van der Waals surface area contributed by atoms with Crippen molar-refractivity contribution in [1.82, 2.24) is 4.90 Å². The van der Waals surface area contributed by atoms with Crippen molar-refractivity contribution in [3.63, 3.8) is 0 Å². The van der Waals surface area contributed by atoms with Crippen LogP contribution >= 0.6 is 0 Å². The van der Waals surface area contributed by atoms with Gasteiger partial charge in [0, 0.05) is 19.1 Å². The minimum Gasteiger partial charge on any atom is -0.328 e. The molecule has 0 spiro atoms. The molecule has 0 bridgehead atoms. The summed E-state index contributed by atoms with van der Waals surface area (Å²) in [5.74, 6) is 1.78. The summed E-state index contributed by atoms with van der Waals surface area (Å²) in [5.41, 5.74) is 5.72. The van der Waals surface area contributed by atoms with Crippen LogP contribution in [0.5, 0.6) is 0 Å². The van der Waals surface area contributed by atoms with E-state index in [1.165, 1.54) is 38.9 Å². The molecule has 3 unspecified atom stereocenters. The molecule has 0 amide bonds. The van der Waals surface area contributed by atoms with Crippen LogP contribution in [-0.4, -0.2) is 30.6 Å². The average molecular weight is 198 g/mol. The van der Waals surface area contributed by atoms with Gasteiger partial charge in [-0.05, 0) is 38.1 Å². The van der Waals surface area contributed by atoms with E-state index in [9.17, 15) is 0 Å². The molecule has 1 fully saturated rings. The van der Waals surface area contributed by atoms with Gasteiger partial charge in [-0.25, -0.2) is 0 Å². The van der Waals surface area contributed by atoms with Crippen molar-refractivity contribution in [2.75, 3.05) is 19.6 Å². The lowest BCUT2D eigenvalue weighted by Crippen LogP contribution is -2.22. The van der Waals surface area contributed by atoms with Gasteiger partial charge in [0.1, 0.15) is 0 Å². The van der Waals surface area contributed by atoms with E-state index in [1.807, 2.05) is 0 Å². The first kappa shape index (κ1) is 12.0. The molecule has 0 saturated carbocycles. The topological polar surface area (TPSA) is 29.3 Å². The minimum absolute atomic E-state index is 0.381. The van der Waals surface area contributed by atoms with Crippen LogP contribution in [0.3, 0.4) is 0 Å². The van der Waals surface area contributed by atoms with E-state index < -0.39 is 0 Å². The van der Waals surface area contributed by atoms with Gasteiger partial charge in [-0.3, -0.25) is 0 Å². The van der Waals surface area contributed by atoms with Gasteiger partial charge in [-0.2, -0.15) is 0 Å². The van der Waals surface area contributed by atoms with Crippen LogP contribution < -0.4 is 5.73 Å². The minimum atomic E-state index is 0.381. The highest BCUT2D eigenvalue weighted by Crippen LogP contribution is 2.22. The second-order valence-electron chi connectivity index (χ2n) is 5.19. The molecule has 14 heavy (non-hydrogen) atoms. The van der Waals surface area contributed by atoms with Crippen molar-refractivity contribution in [2.24, 2.45) is 17.6 Å². The summed E-state index contributed by atoms with van der Waals surface area (Å²) >= 11 is 0. The molecule has 1 aliphatic rings. The van der Waals surface area contributed by atoms with Gasteiger partial charge < -0.3 is 10.6 Å². The third-order valence-corrected chi connectivity index (χ3v) is 3.45. The summed E-state index contributed by atoms with van der Waals surface area (Å²) in [6.07, 6.45) is 3.79. The quantitative estimate of drug-likeness (QED) is 0.685. The summed E-state index contributed by atoms with van der Waals surface area (Å²) in [4.78, 5) is 2.61. The van der Waals surface area contributed by atoms with E-state index in [0.717, 1.165) is 11.8 Å². The molecule has 0 aromatic carbocycles. The van der Waals surface area contributed by atoms with Gasteiger partial charge in [0.15, 0.2) is 0 Å². The fourth-order valence-electron chi connectivity index (χ4n) is 2.23. The Morgan fingerprint density at radius 1 is 1.21 bits per heavy atom. The maximum Gasteiger partial charge on any atom is 0.00104 e. The van der Waals surface area contributed by atoms with Crippen molar-refractivity contribution < 1.29 is 0 Å². The third-order valence-electron chi connectivity index (χ3n) is 3.45. The van der Waals surface area contributed by atoms with Crippen LogP contribution in [0, 0.1) is 11.8 Å². The first-order valence-corrected chi connectivity index (χ1v) is 6.07. The van der Waals surface area contributed by atoms with Crippen LogP contribution in [0.2, 0.25) is 0 Å². The van der Waals surface area contributed by atoms with Crippen molar-refractivity contribution in [3.8, 4) is 0 Å². The number of hydrogen-bond acceptors (Lipinski definition) is 2. The van der Waals surface area contributed by atoms with Gasteiger partial charge >= 0.3 is 0 Å². The van der Waals surface area contributed by atoms with E-state index >= 15 is 0 Å². The number of nitrogens with two attached hydrogens (primary N) is 1. The van der Waals surface area contributed by atoms with Gasteiger partial charge in [-0.1, -0.05) is 20.3 Å². The molecule has 1 rings (SSSR count). The Morgan fingerprint density at radius 3 is 2.29 bits per heavy atom. The van der Waals surface area contributed by atoms with Gasteiger partial charge in [0.2, 0.25) is 0 Å². The zero-order valence-electron chi connectivity index (χ0n) is 10.00. The number of nitrogens with zero attached hydrogens (tertiary/aromatic N) is 1. The van der Waals surface area contributed by atoms with Crippen molar-refractivity contribution in [3.05, 3.63) is 0 Å². The Morgan fingerprint density at radius 2 is 1.79 bits per heavy atom. The summed E-state index contributed by atoms with van der Waals surface area (Å²) in [5, 5.41) is 0. The molecule has 84 valence electrons. The molecule has 1 aliphatic heterocycles. The second kappa shape index (κ2) is 5.72. The first-order valence-electron chi connectivity index (χ1n) is 6.07. The van der Waals surface area contributed by atoms with Gasteiger partial charge in [0.05, 0.1) is 0 Å².